The van der Waals surface area contributed by atoms with E-state index in [0.717, 1.165) is 26.2 Å². The van der Waals surface area contributed by atoms with E-state index in [9.17, 15) is 9.90 Å². The Morgan fingerprint density at radius 2 is 2.04 bits per heavy atom. The van der Waals surface area contributed by atoms with Crippen molar-refractivity contribution in [2.75, 3.05) is 39.3 Å². The van der Waals surface area contributed by atoms with Gasteiger partial charge in [0.25, 0.3) is 0 Å². The first-order valence-electron chi connectivity index (χ1n) is 8.16. The summed E-state index contributed by atoms with van der Waals surface area (Å²) in [4.78, 5) is 17.5. The van der Waals surface area contributed by atoms with Gasteiger partial charge >= 0.3 is 0 Å². The molecule has 6 heteroatoms. The Balaban J connectivity index is 1.64. The summed E-state index contributed by atoms with van der Waals surface area (Å²) >= 11 is 1.66. The molecule has 1 unspecified atom stereocenters. The molecule has 0 aliphatic carbocycles. The molecular formula is C17H28N2O3S. The van der Waals surface area contributed by atoms with Gasteiger partial charge in [0.05, 0.1) is 19.3 Å². The molecule has 2 rings (SSSR count). The van der Waals surface area contributed by atoms with Gasteiger partial charge in [0.1, 0.15) is 0 Å². The monoisotopic (exact) mass is 340 g/mol. The maximum atomic E-state index is 12.2. The number of hydrogen-bond acceptors (Lipinski definition) is 5. The van der Waals surface area contributed by atoms with Crippen molar-refractivity contribution in [2.45, 2.75) is 33.5 Å². The van der Waals surface area contributed by atoms with Crippen molar-refractivity contribution in [3.8, 4) is 0 Å². The van der Waals surface area contributed by atoms with Crippen LogP contribution in [0.4, 0.5) is 0 Å². The summed E-state index contributed by atoms with van der Waals surface area (Å²) < 4.78 is 5.55. The van der Waals surface area contributed by atoms with Crippen LogP contribution >= 0.6 is 11.3 Å². The van der Waals surface area contributed by atoms with Crippen molar-refractivity contribution in [3.05, 3.63) is 22.4 Å². The predicted molar refractivity (Wildman–Crippen MR) is 92.5 cm³/mol. The first-order chi connectivity index (χ1) is 10.9. The lowest BCUT2D eigenvalue weighted by molar-refractivity contribution is -0.141. The van der Waals surface area contributed by atoms with E-state index >= 15 is 0 Å². The summed E-state index contributed by atoms with van der Waals surface area (Å²) in [6.07, 6.45) is -0.486. The third kappa shape index (κ3) is 5.88. The van der Waals surface area contributed by atoms with Crippen LogP contribution in [0.3, 0.4) is 0 Å². The Morgan fingerprint density at radius 3 is 2.61 bits per heavy atom. The van der Waals surface area contributed by atoms with Crippen molar-refractivity contribution in [2.24, 2.45) is 5.41 Å². The van der Waals surface area contributed by atoms with Crippen molar-refractivity contribution in [1.82, 2.24) is 9.80 Å². The number of β-amino-alcohol motifs (C(OH)–C–C–N with tert-alkyl or cyclic N) is 1. The van der Waals surface area contributed by atoms with Gasteiger partial charge in [-0.3, -0.25) is 9.69 Å². The average Bonchev–Trinajstić information content (AvgIpc) is 2.99. The molecule has 0 saturated carbocycles. The molecule has 0 radical (unpaired) electrons. The number of piperazine rings is 1. The molecule has 1 fully saturated rings. The van der Waals surface area contributed by atoms with Crippen LogP contribution in [0.15, 0.2) is 17.5 Å². The zero-order chi connectivity index (χ0) is 16.9. The molecule has 1 aromatic heterocycles. The number of ether oxygens (including phenoxy) is 1. The molecule has 0 bridgehead atoms. The molecule has 1 atom stereocenters. The van der Waals surface area contributed by atoms with E-state index in [4.69, 9.17) is 4.74 Å². The number of carbonyl (C=O) groups excluding carboxylic acids is 1. The quantitative estimate of drug-likeness (QED) is 0.858. The molecule has 23 heavy (non-hydrogen) atoms. The summed E-state index contributed by atoms with van der Waals surface area (Å²) in [5.74, 6) is 0.206. The van der Waals surface area contributed by atoms with E-state index in [0.29, 0.717) is 19.8 Å². The Kier molecular flexibility index (Phi) is 6.59. The third-order valence-corrected chi connectivity index (χ3v) is 4.75. The number of aliphatic hydroxyl groups excluding tert-OH is 1. The fourth-order valence-electron chi connectivity index (χ4n) is 2.65. The second-order valence-corrected chi connectivity index (χ2v) is 8.12. The lowest BCUT2D eigenvalue weighted by atomic mass is 9.94. The van der Waals surface area contributed by atoms with Crippen molar-refractivity contribution < 1.29 is 14.6 Å². The van der Waals surface area contributed by atoms with Crippen molar-refractivity contribution >= 4 is 17.2 Å². The minimum atomic E-state index is -0.486. The summed E-state index contributed by atoms with van der Waals surface area (Å²) in [7, 11) is 0. The number of hydrogen-bond donors (Lipinski definition) is 1. The van der Waals surface area contributed by atoms with Crippen LogP contribution in [0.1, 0.15) is 25.6 Å². The predicted octanol–water partition coefficient (Wildman–Crippen LogP) is 1.82. The van der Waals surface area contributed by atoms with Gasteiger partial charge in [0.2, 0.25) is 5.91 Å². The molecule has 1 aliphatic rings. The van der Waals surface area contributed by atoms with E-state index < -0.39 is 6.10 Å². The van der Waals surface area contributed by atoms with Crippen LogP contribution in [0, 0.1) is 5.41 Å². The lowest BCUT2D eigenvalue weighted by Crippen LogP contribution is -2.53. The highest BCUT2D eigenvalue weighted by molar-refractivity contribution is 7.09. The van der Waals surface area contributed by atoms with Gasteiger partial charge in [0, 0.05) is 43.0 Å². The van der Waals surface area contributed by atoms with Gasteiger partial charge in [-0.15, -0.1) is 11.3 Å². The molecule has 1 aliphatic heterocycles. The van der Waals surface area contributed by atoms with Crippen LogP contribution in [0.2, 0.25) is 0 Å². The van der Waals surface area contributed by atoms with Crippen LogP contribution in [-0.4, -0.2) is 66.2 Å². The number of rotatable bonds is 6. The molecule has 0 spiro atoms. The van der Waals surface area contributed by atoms with Crippen LogP contribution in [0.25, 0.3) is 0 Å². The highest BCUT2D eigenvalue weighted by Gasteiger charge is 2.29. The lowest BCUT2D eigenvalue weighted by Gasteiger charge is -2.38. The van der Waals surface area contributed by atoms with Crippen LogP contribution in [0.5, 0.6) is 0 Å². The number of nitrogens with zero attached hydrogens (tertiary/aromatic N) is 2. The van der Waals surface area contributed by atoms with Crippen LogP contribution < -0.4 is 0 Å². The summed E-state index contributed by atoms with van der Waals surface area (Å²) in [6, 6.07) is 4.03. The fraction of sp³-hybridized carbons (Fsp3) is 0.706. The molecule has 0 aromatic carbocycles. The highest BCUT2D eigenvalue weighted by Crippen LogP contribution is 2.18. The first-order valence-corrected chi connectivity index (χ1v) is 9.04. The second kappa shape index (κ2) is 8.24. The van der Waals surface area contributed by atoms with Gasteiger partial charge in [-0.2, -0.15) is 0 Å². The van der Waals surface area contributed by atoms with Gasteiger partial charge < -0.3 is 14.7 Å². The van der Waals surface area contributed by atoms with Crippen molar-refractivity contribution in [1.29, 1.82) is 0 Å². The largest absolute Gasteiger partial charge is 0.389 e. The number of aliphatic hydroxyl groups is 1. The summed E-state index contributed by atoms with van der Waals surface area (Å²) in [5, 5.41) is 12.1. The Bertz CT molecular complexity index is 477. The molecule has 1 amide bonds. The average molecular weight is 340 g/mol. The Labute approximate surface area is 142 Å². The Morgan fingerprint density at radius 1 is 1.35 bits per heavy atom. The second-order valence-electron chi connectivity index (χ2n) is 7.09. The molecule has 2 heterocycles. The van der Waals surface area contributed by atoms with E-state index in [1.807, 2.05) is 43.2 Å². The van der Waals surface area contributed by atoms with E-state index in [2.05, 4.69) is 4.90 Å². The number of thiophene rings is 1. The zero-order valence-corrected chi connectivity index (χ0v) is 15.1. The van der Waals surface area contributed by atoms with E-state index in [-0.39, 0.29) is 11.3 Å². The normalized spacial score (nSPS) is 18.2. The summed E-state index contributed by atoms with van der Waals surface area (Å²) in [5.41, 5.74) is -0.322. The summed E-state index contributed by atoms with van der Waals surface area (Å²) in [6.45, 7) is 10.5. The molecular weight excluding hydrogens is 312 g/mol. The number of carbonyl (C=O) groups is 1. The fourth-order valence-corrected chi connectivity index (χ4v) is 3.29. The minimum Gasteiger partial charge on any atom is -0.389 e. The van der Waals surface area contributed by atoms with Crippen LogP contribution in [-0.2, 0) is 16.1 Å². The molecule has 1 saturated heterocycles. The van der Waals surface area contributed by atoms with Gasteiger partial charge in [-0.1, -0.05) is 26.8 Å². The maximum Gasteiger partial charge on any atom is 0.228 e. The van der Waals surface area contributed by atoms with Gasteiger partial charge in [-0.25, -0.2) is 0 Å². The third-order valence-electron chi connectivity index (χ3n) is 3.90. The zero-order valence-electron chi connectivity index (χ0n) is 14.3. The first kappa shape index (κ1) is 18.4. The molecule has 1 aromatic rings. The van der Waals surface area contributed by atoms with Crippen molar-refractivity contribution in [3.63, 3.8) is 0 Å². The standard InChI is InChI=1S/C17H28N2O3S/c1-17(2,3)16(21)19-8-6-18(7-9-19)11-14(20)12-22-13-15-5-4-10-23-15/h4-5,10,14,20H,6-9,11-13H2,1-3H3. The molecule has 130 valence electrons. The molecule has 5 nitrogen and oxygen atoms in total. The minimum absolute atomic E-state index is 0.206. The van der Waals surface area contributed by atoms with E-state index in [1.165, 1.54) is 4.88 Å². The Hall–Kier alpha value is -0.950. The SMILES string of the molecule is CC(C)(C)C(=O)N1CCN(CC(O)COCc2cccs2)CC1. The highest BCUT2D eigenvalue weighted by atomic mass is 32.1. The topological polar surface area (TPSA) is 53.0 Å². The van der Waals surface area contributed by atoms with Gasteiger partial charge in [0.15, 0.2) is 0 Å². The van der Waals surface area contributed by atoms with Gasteiger partial charge in [-0.05, 0) is 11.4 Å². The number of amides is 1. The smallest absolute Gasteiger partial charge is 0.228 e. The van der Waals surface area contributed by atoms with E-state index in [1.54, 1.807) is 11.3 Å². The maximum absolute atomic E-state index is 12.2. The molecule has 1 N–H and O–H groups in total.